The third-order valence-corrected chi connectivity index (χ3v) is 7.72. The number of aryl methyl sites for hydroxylation is 1. The van der Waals surface area contributed by atoms with Crippen molar-refractivity contribution in [3.63, 3.8) is 0 Å². The molecule has 0 amide bonds. The van der Waals surface area contributed by atoms with Crippen LogP contribution in [0.1, 0.15) is 37.8 Å². The van der Waals surface area contributed by atoms with Crippen molar-refractivity contribution in [1.29, 1.82) is 0 Å². The zero-order valence-electron chi connectivity index (χ0n) is 16.4. The molecule has 4 aromatic rings. The average Bonchev–Trinajstić information content (AvgIpc) is 2.65. The Morgan fingerprint density at radius 2 is 1.44 bits per heavy atom. The van der Waals surface area contributed by atoms with Gasteiger partial charge in [0, 0.05) is 21.9 Å². The molecule has 27 heavy (non-hydrogen) atoms. The molecule has 0 atom stereocenters. The first-order chi connectivity index (χ1) is 13.0. The number of halogens is 1. The summed E-state index contributed by atoms with van der Waals surface area (Å²) in [5, 5.41) is 6.67. The summed E-state index contributed by atoms with van der Waals surface area (Å²) in [6.45, 7) is 4.49. The first-order valence-corrected chi connectivity index (χ1v) is 14.5. The third-order valence-electron chi connectivity index (χ3n) is 5.61. The van der Waals surface area contributed by atoms with E-state index in [2.05, 4.69) is 61.6 Å². The standard InChI is InChI=1S/C24H28ClNSi/c1-27(2,25)17-7-5-3-4-6-13-21-20-12-8-10-18-15-16-19-11-9-14-22(26-21)24(19)23(18)20/h8-12,14-16H,3-7,13,17H2,1-2H3. The third kappa shape index (κ3) is 4.12. The summed E-state index contributed by atoms with van der Waals surface area (Å²) in [6.07, 6.45) is 7.48. The minimum Gasteiger partial charge on any atom is -0.252 e. The van der Waals surface area contributed by atoms with E-state index in [1.54, 1.807) is 0 Å². The van der Waals surface area contributed by atoms with E-state index in [0.717, 1.165) is 11.9 Å². The number of nitrogens with zero attached hydrogens (tertiary/aromatic N) is 1. The number of unbranched alkanes of at least 4 members (excludes halogenated alkanes) is 4. The predicted octanol–water partition coefficient (Wildman–Crippen LogP) is 7.92. The molecule has 3 heteroatoms. The van der Waals surface area contributed by atoms with E-state index in [0.29, 0.717) is 0 Å². The van der Waals surface area contributed by atoms with Crippen molar-refractivity contribution < 1.29 is 0 Å². The molecule has 0 saturated heterocycles. The van der Waals surface area contributed by atoms with E-state index in [-0.39, 0.29) is 0 Å². The lowest BCUT2D eigenvalue weighted by Crippen LogP contribution is -2.14. The smallest absolute Gasteiger partial charge is 0.150 e. The summed E-state index contributed by atoms with van der Waals surface area (Å²) < 4.78 is 0. The molecule has 0 saturated carbocycles. The molecule has 0 spiro atoms. The lowest BCUT2D eigenvalue weighted by atomic mass is 9.94. The van der Waals surface area contributed by atoms with Gasteiger partial charge in [-0.1, -0.05) is 81.2 Å². The molecule has 1 heterocycles. The van der Waals surface area contributed by atoms with Crippen LogP contribution in [0.4, 0.5) is 0 Å². The Labute approximate surface area is 167 Å². The number of hydrogen-bond donors (Lipinski definition) is 0. The van der Waals surface area contributed by atoms with Gasteiger partial charge in [0.1, 0.15) is 7.38 Å². The van der Waals surface area contributed by atoms with Gasteiger partial charge in [0.15, 0.2) is 0 Å². The largest absolute Gasteiger partial charge is 0.252 e. The number of benzene rings is 3. The van der Waals surface area contributed by atoms with Crippen molar-refractivity contribution in [1.82, 2.24) is 4.98 Å². The summed E-state index contributed by atoms with van der Waals surface area (Å²) in [6, 6.07) is 18.8. The summed E-state index contributed by atoms with van der Waals surface area (Å²) in [7, 11) is -1.38. The zero-order valence-corrected chi connectivity index (χ0v) is 18.1. The summed E-state index contributed by atoms with van der Waals surface area (Å²) >= 11 is 6.41. The van der Waals surface area contributed by atoms with E-state index in [1.165, 1.54) is 70.8 Å². The molecular formula is C24H28ClNSi. The maximum Gasteiger partial charge on any atom is 0.150 e. The maximum atomic E-state index is 6.41. The highest BCUT2D eigenvalue weighted by molar-refractivity contribution is 7.19. The monoisotopic (exact) mass is 393 g/mol. The van der Waals surface area contributed by atoms with E-state index >= 15 is 0 Å². The Balaban J connectivity index is 1.49. The summed E-state index contributed by atoms with van der Waals surface area (Å²) in [4.78, 5) is 5.06. The molecule has 0 aliphatic carbocycles. The van der Waals surface area contributed by atoms with Gasteiger partial charge < -0.3 is 0 Å². The van der Waals surface area contributed by atoms with Crippen LogP contribution < -0.4 is 0 Å². The highest BCUT2D eigenvalue weighted by Gasteiger charge is 2.15. The van der Waals surface area contributed by atoms with Gasteiger partial charge in [-0.05, 0) is 35.7 Å². The predicted molar refractivity (Wildman–Crippen MR) is 123 cm³/mol. The van der Waals surface area contributed by atoms with Crippen LogP contribution in [0, 0.1) is 0 Å². The second-order valence-electron chi connectivity index (χ2n) is 8.39. The topological polar surface area (TPSA) is 12.9 Å². The number of hydrogen-bond acceptors (Lipinski definition) is 1. The summed E-state index contributed by atoms with van der Waals surface area (Å²) in [5.41, 5.74) is 2.40. The average molecular weight is 394 g/mol. The molecular weight excluding hydrogens is 366 g/mol. The first kappa shape index (κ1) is 18.7. The van der Waals surface area contributed by atoms with Gasteiger partial charge in [0.25, 0.3) is 0 Å². The molecule has 0 N–H and O–H groups in total. The summed E-state index contributed by atoms with van der Waals surface area (Å²) in [5.74, 6) is 0. The minimum atomic E-state index is -1.38. The van der Waals surface area contributed by atoms with Crippen molar-refractivity contribution in [3.05, 3.63) is 54.2 Å². The number of rotatable bonds is 8. The minimum absolute atomic E-state index is 1.07. The zero-order chi connectivity index (χ0) is 18.9. The van der Waals surface area contributed by atoms with Crippen LogP contribution in [-0.4, -0.2) is 12.4 Å². The van der Waals surface area contributed by atoms with Gasteiger partial charge in [-0.15, -0.1) is 0 Å². The van der Waals surface area contributed by atoms with E-state index in [4.69, 9.17) is 16.1 Å². The Hall–Kier alpha value is -1.64. The van der Waals surface area contributed by atoms with Crippen LogP contribution in [0.15, 0.2) is 48.5 Å². The van der Waals surface area contributed by atoms with Gasteiger partial charge in [0.05, 0.1) is 5.52 Å². The van der Waals surface area contributed by atoms with Gasteiger partial charge in [0.2, 0.25) is 0 Å². The quantitative estimate of drug-likeness (QED) is 0.128. The van der Waals surface area contributed by atoms with Crippen molar-refractivity contribution in [2.24, 2.45) is 0 Å². The van der Waals surface area contributed by atoms with Gasteiger partial charge in [-0.25, -0.2) is 0 Å². The molecule has 0 aliphatic rings. The Morgan fingerprint density at radius 1 is 0.778 bits per heavy atom. The molecule has 0 fully saturated rings. The van der Waals surface area contributed by atoms with Crippen LogP contribution in [0.2, 0.25) is 19.1 Å². The van der Waals surface area contributed by atoms with Crippen LogP contribution in [0.5, 0.6) is 0 Å². The second-order valence-corrected chi connectivity index (χ2v) is 15.4. The molecule has 4 rings (SSSR count). The van der Waals surface area contributed by atoms with Gasteiger partial charge in [-0.2, -0.15) is 11.1 Å². The van der Waals surface area contributed by atoms with Crippen LogP contribution >= 0.6 is 11.1 Å². The van der Waals surface area contributed by atoms with E-state index < -0.39 is 7.38 Å². The Bertz CT molecular complexity index is 1050. The highest BCUT2D eigenvalue weighted by Crippen LogP contribution is 2.35. The molecule has 0 radical (unpaired) electrons. The van der Waals surface area contributed by atoms with E-state index in [1.807, 2.05) is 0 Å². The fraction of sp³-hybridized carbons (Fsp3) is 0.375. The van der Waals surface area contributed by atoms with Gasteiger partial charge in [-0.3, -0.25) is 4.98 Å². The molecule has 1 aromatic heterocycles. The molecule has 1 nitrogen and oxygen atoms in total. The highest BCUT2D eigenvalue weighted by atomic mass is 35.6. The maximum absolute atomic E-state index is 6.41. The fourth-order valence-electron chi connectivity index (χ4n) is 4.23. The lowest BCUT2D eigenvalue weighted by Gasteiger charge is -2.14. The molecule has 0 unspecified atom stereocenters. The molecule has 3 aromatic carbocycles. The fourth-order valence-corrected chi connectivity index (χ4v) is 5.73. The normalized spacial score (nSPS) is 12.6. The Morgan fingerprint density at radius 3 is 2.22 bits per heavy atom. The van der Waals surface area contributed by atoms with Crippen LogP contribution in [-0.2, 0) is 6.42 Å². The SMILES string of the molecule is C[Si](C)(Cl)CCCCCCCc1nc2cccc3ccc4cccc1c4c32. The van der Waals surface area contributed by atoms with Crippen LogP contribution in [0.3, 0.4) is 0 Å². The number of pyridine rings is 1. The van der Waals surface area contributed by atoms with Crippen molar-refractivity contribution in [2.75, 3.05) is 0 Å². The van der Waals surface area contributed by atoms with Crippen molar-refractivity contribution in [2.45, 2.75) is 57.7 Å². The second kappa shape index (κ2) is 7.77. The Kier molecular flexibility index (Phi) is 5.38. The van der Waals surface area contributed by atoms with Crippen molar-refractivity contribution >= 4 is 50.9 Å². The molecule has 140 valence electrons. The number of aromatic nitrogens is 1. The molecule has 0 bridgehead atoms. The molecule has 0 aliphatic heterocycles. The first-order valence-electron chi connectivity index (χ1n) is 10.2. The van der Waals surface area contributed by atoms with Crippen molar-refractivity contribution in [3.8, 4) is 0 Å². The lowest BCUT2D eigenvalue weighted by molar-refractivity contribution is 0.628. The van der Waals surface area contributed by atoms with Crippen LogP contribution in [0.25, 0.3) is 32.4 Å². The van der Waals surface area contributed by atoms with Gasteiger partial charge >= 0.3 is 0 Å². The van der Waals surface area contributed by atoms with E-state index in [9.17, 15) is 0 Å².